The van der Waals surface area contributed by atoms with Crippen molar-refractivity contribution in [1.29, 1.82) is 0 Å². The van der Waals surface area contributed by atoms with Crippen LogP contribution in [0.5, 0.6) is 17.2 Å². The van der Waals surface area contributed by atoms with E-state index >= 15 is 14.4 Å². The van der Waals surface area contributed by atoms with Crippen LogP contribution in [0.2, 0.25) is 0 Å². The summed E-state index contributed by atoms with van der Waals surface area (Å²) in [5.74, 6) is -2.82. The Morgan fingerprint density at radius 1 is 0.347 bits per heavy atom. The standard InChI is InChI=1S/C60H87N3O12/c1-25-43(64)73-58(22,34-28-37(52(4,5)6)46(67)38(29-34)53(7,8)9)61-49(70)62(59(23,74-44(65)26-2)35-30-39(54(10,11)12)47(68)40(31-35)55(13,14)15)51(72)63(50(61)71)60(24,75-45(66)27-3)36-32-41(56(16,17)18)48(69)42(33-36)57(19,20)21/h28-33,67-69H,25-27H2,1-24H3. The van der Waals surface area contributed by atoms with Crippen LogP contribution >= 0.6 is 0 Å². The molecule has 0 saturated carbocycles. The van der Waals surface area contributed by atoms with Gasteiger partial charge >= 0.3 is 35.0 Å². The van der Waals surface area contributed by atoms with E-state index in [1.54, 1.807) is 36.4 Å². The van der Waals surface area contributed by atoms with Gasteiger partial charge in [0.15, 0.2) is 0 Å². The average Bonchev–Trinajstić information content (AvgIpc) is 3.23. The molecule has 0 bridgehead atoms. The summed E-state index contributed by atoms with van der Waals surface area (Å²) >= 11 is 0. The lowest BCUT2D eigenvalue weighted by Crippen LogP contribution is -2.68. The summed E-state index contributed by atoms with van der Waals surface area (Å²) in [6.07, 6.45) is -0.740. The fourth-order valence-electron chi connectivity index (χ4n) is 9.36. The van der Waals surface area contributed by atoms with E-state index in [1.165, 1.54) is 41.5 Å². The second-order valence-corrected chi connectivity index (χ2v) is 26.5. The van der Waals surface area contributed by atoms with E-state index < -0.39 is 84.6 Å². The molecule has 0 spiro atoms. The number of carbonyl (C=O) groups is 3. The second-order valence-electron chi connectivity index (χ2n) is 26.5. The van der Waals surface area contributed by atoms with Gasteiger partial charge in [-0.05, 0) is 68.9 Å². The summed E-state index contributed by atoms with van der Waals surface area (Å²) < 4.78 is 21.0. The molecule has 15 heteroatoms. The number of esters is 3. The Morgan fingerprint density at radius 3 is 0.613 bits per heavy atom. The maximum absolute atomic E-state index is 16.5. The molecule has 0 aliphatic carbocycles. The largest absolute Gasteiger partial charge is 0.507 e. The highest BCUT2D eigenvalue weighted by molar-refractivity contribution is 5.71. The van der Waals surface area contributed by atoms with Crippen molar-refractivity contribution < 1.29 is 43.9 Å². The van der Waals surface area contributed by atoms with Gasteiger partial charge in [-0.1, -0.05) is 145 Å². The Balaban J connectivity index is 2.67. The minimum Gasteiger partial charge on any atom is -0.507 e. The Labute approximate surface area is 444 Å². The second kappa shape index (κ2) is 20.1. The highest BCUT2D eigenvalue weighted by atomic mass is 16.6. The molecule has 0 aliphatic rings. The monoisotopic (exact) mass is 1040 g/mol. The number of ether oxygens (including phenoxy) is 3. The predicted molar refractivity (Wildman–Crippen MR) is 293 cm³/mol. The SMILES string of the molecule is CCC(=O)OC(C)(c1cc(C(C)(C)C)c(O)c(C(C)(C)C)c1)n1c(=O)n(C(C)(OC(=O)CC)c2cc(C(C)(C)C)c(O)c(C(C)(C)C)c2)c(=O)n(C(C)(OC(=O)CC)c2cc(C(C)(C)C)c(O)c(C(C)(C)C)c2)c1=O. The van der Waals surface area contributed by atoms with Gasteiger partial charge in [-0.15, -0.1) is 0 Å². The third-order valence-electron chi connectivity index (χ3n) is 14.0. The van der Waals surface area contributed by atoms with Gasteiger partial charge in [0.1, 0.15) is 17.2 Å². The van der Waals surface area contributed by atoms with Crippen LogP contribution < -0.4 is 17.1 Å². The van der Waals surface area contributed by atoms with Gasteiger partial charge in [-0.3, -0.25) is 14.4 Å². The molecule has 3 N–H and O–H groups in total. The van der Waals surface area contributed by atoms with Crippen molar-refractivity contribution in [2.45, 2.75) is 235 Å². The van der Waals surface area contributed by atoms with Crippen molar-refractivity contribution in [3.8, 4) is 17.2 Å². The summed E-state index contributed by atoms with van der Waals surface area (Å²) in [5.41, 5.74) is -14.2. The van der Waals surface area contributed by atoms with Crippen molar-refractivity contribution in [2.24, 2.45) is 0 Å². The Bertz CT molecular complexity index is 2610. The van der Waals surface area contributed by atoms with Crippen LogP contribution in [0.3, 0.4) is 0 Å². The first-order valence-corrected chi connectivity index (χ1v) is 26.0. The molecule has 4 aromatic rings. The Morgan fingerprint density at radius 2 is 0.493 bits per heavy atom. The molecule has 0 radical (unpaired) electrons. The number of phenols is 3. The minimum absolute atomic E-state index is 0.0387. The number of nitrogens with zero attached hydrogens (tertiary/aromatic N) is 3. The van der Waals surface area contributed by atoms with Crippen molar-refractivity contribution in [1.82, 2.24) is 13.7 Å². The maximum Gasteiger partial charge on any atom is 0.343 e. The van der Waals surface area contributed by atoms with Gasteiger partial charge in [0, 0.05) is 90.1 Å². The van der Waals surface area contributed by atoms with Crippen LogP contribution in [0.4, 0.5) is 0 Å². The first-order chi connectivity index (χ1) is 33.7. The number of rotatable bonds is 12. The van der Waals surface area contributed by atoms with Crippen molar-refractivity contribution in [3.05, 3.63) is 118 Å². The molecule has 0 fully saturated rings. The first-order valence-electron chi connectivity index (χ1n) is 26.0. The van der Waals surface area contributed by atoms with Gasteiger partial charge in [0.2, 0.25) is 17.2 Å². The zero-order valence-corrected chi connectivity index (χ0v) is 49.4. The van der Waals surface area contributed by atoms with Crippen LogP contribution in [0.25, 0.3) is 0 Å². The molecule has 1 heterocycles. The van der Waals surface area contributed by atoms with Crippen molar-refractivity contribution in [3.63, 3.8) is 0 Å². The number of aromatic hydroxyl groups is 3. The Hall–Kier alpha value is -6.12. The minimum atomic E-state index is -2.51. The number of carbonyl (C=O) groups excluding carboxylic acids is 3. The van der Waals surface area contributed by atoms with E-state index in [2.05, 4.69) is 0 Å². The maximum atomic E-state index is 16.5. The zero-order chi connectivity index (χ0) is 58.1. The lowest BCUT2D eigenvalue weighted by atomic mass is 9.77. The molecular formula is C60H87N3O12. The molecule has 4 rings (SSSR count). The molecule has 414 valence electrons. The molecule has 0 amide bonds. The number of hydrogen-bond donors (Lipinski definition) is 3. The molecular weight excluding hydrogens is 955 g/mol. The third kappa shape index (κ3) is 11.7. The summed E-state index contributed by atoms with van der Waals surface area (Å²) in [5, 5.41) is 36.0. The van der Waals surface area contributed by atoms with E-state index in [9.17, 15) is 29.7 Å². The molecule has 3 atom stereocenters. The highest BCUT2D eigenvalue weighted by Crippen LogP contribution is 2.46. The van der Waals surface area contributed by atoms with Gasteiger partial charge in [-0.25, -0.2) is 14.4 Å². The fourth-order valence-corrected chi connectivity index (χ4v) is 9.36. The van der Waals surface area contributed by atoms with Gasteiger partial charge in [0.25, 0.3) is 0 Å². The van der Waals surface area contributed by atoms with E-state index in [1.807, 2.05) is 125 Å². The van der Waals surface area contributed by atoms with Crippen LogP contribution in [0.15, 0.2) is 50.8 Å². The molecule has 0 aliphatic heterocycles. The smallest absolute Gasteiger partial charge is 0.343 e. The molecule has 0 saturated heterocycles. The molecule has 3 aromatic carbocycles. The fraction of sp³-hybridized carbons (Fsp3) is 0.600. The zero-order valence-electron chi connectivity index (χ0n) is 49.4. The summed E-state index contributed by atoms with van der Waals surface area (Å²) in [6, 6.07) is 9.26. The number of aromatic nitrogens is 3. The number of benzene rings is 3. The van der Waals surface area contributed by atoms with E-state index in [-0.39, 0.29) is 53.2 Å². The van der Waals surface area contributed by atoms with Gasteiger partial charge in [0.05, 0.1) is 0 Å². The van der Waals surface area contributed by atoms with Crippen molar-refractivity contribution >= 4 is 17.9 Å². The van der Waals surface area contributed by atoms with Crippen LogP contribution in [0, 0.1) is 0 Å². The third-order valence-corrected chi connectivity index (χ3v) is 14.0. The summed E-state index contributed by atoms with van der Waals surface area (Å²) in [4.78, 5) is 91.7. The summed E-state index contributed by atoms with van der Waals surface area (Å²) in [7, 11) is 0. The molecule has 15 nitrogen and oxygen atoms in total. The molecule has 75 heavy (non-hydrogen) atoms. The average molecular weight is 1040 g/mol. The number of hydrogen-bond acceptors (Lipinski definition) is 12. The van der Waals surface area contributed by atoms with Crippen LogP contribution in [0.1, 0.15) is 236 Å². The first kappa shape index (κ1) is 61.4. The lowest BCUT2D eigenvalue weighted by molar-refractivity contribution is -0.168. The quantitative estimate of drug-likeness (QED) is 0.0895. The normalized spacial score (nSPS) is 15.4. The summed E-state index contributed by atoms with van der Waals surface area (Å²) in [6.45, 7) is 42.0. The van der Waals surface area contributed by atoms with E-state index in [0.717, 1.165) is 0 Å². The van der Waals surface area contributed by atoms with Gasteiger partial charge < -0.3 is 29.5 Å². The van der Waals surface area contributed by atoms with Gasteiger partial charge in [-0.2, -0.15) is 13.7 Å². The number of phenolic OH excluding ortho intramolecular Hbond substituents is 3. The van der Waals surface area contributed by atoms with Crippen LogP contribution in [-0.2, 0) is 78.3 Å². The topological polar surface area (TPSA) is 206 Å². The van der Waals surface area contributed by atoms with E-state index in [0.29, 0.717) is 47.1 Å². The Kier molecular flexibility index (Phi) is 16.5. The molecule has 3 unspecified atom stereocenters. The van der Waals surface area contributed by atoms with Crippen LogP contribution in [-0.4, -0.2) is 46.9 Å². The lowest BCUT2D eigenvalue weighted by Gasteiger charge is -2.40. The molecule has 1 aromatic heterocycles. The predicted octanol–water partition coefficient (Wildman–Crippen LogP) is 11.1. The highest BCUT2D eigenvalue weighted by Gasteiger charge is 2.49. The van der Waals surface area contributed by atoms with Crippen molar-refractivity contribution in [2.75, 3.05) is 0 Å². The van der Waals surface area contributed by atoms with E-state index in [4.69, 9.17) is 14.2 Å².